The highest BCUT2D eigenvalue weighted by Crippen LogP contribution is 2.57. The number of nitrogens with zero attached hydrogens (tertiary/aromatic N) is 4. The van der Waals surface area contributed by atoms with Gasteiger partial charge in [0.15, 0.2) is 5.78 Å². The summed E-state index contributed by atoms with van der Waals surface area (Å²) in [6.45, 7) is 9.24. The molecule has 3 aliphatic rings. The number of hydrogen-bond acceptors (Lipinski definition) is 5. The molecule has 8 aromatic rings. The molecule has 0 N–H and O–H groups in total. The van der Waals surface area contributed by atoms with Gasteiger partial charge in [0.05, 0.1) is 34.1 Å². The maximum Gasteiger partial charge on any atom is 0.194 e. The number of aromatic nitrogens is 2. The molecule has 0 saturated carbocycles. The van der Waals surface area contributed by atoms with Gasteiger partial charge in [0, 0.05) is 57.9 Å². The van der Waals surface area contributed by atoms with Crippen molar-refractivity contribution < 1.29 is 4.79 Å². The molecule has 0 spiro atoms. The third kappa shape index (κ3) is 4.80. The number of carbonyl (C=O) groups is 1. The number of ketones is 1. The zero-order chi connectivity index (χ0) is 39.3. The summed E-state index contributed by atoms with van der Waals surface area (Å²) in [4.78, 5) is 28.5. The van der Waals surface area contributed by atoms with E-state index in [0.29, 0.717) is 11.1 Å². The van der Waals surface area contributed by atoms with E-state index in [1.54, 1.807) is 0 Å². The standard InChI is InChI=1S/C53H40N4O/c1-52(2)41-13-5-9-17-45(41)56(46-18-10-6-14-42(46)52)49-31-37-38-32-50(57-47-19-11-7-15-43(47)53(3,4)44-16-8-12-20-48(44)57)36(34-23-27-55-28-24-34)30-40(38)51(58)39(37)29-35(49)33-21-25-54-26-22-33/h5-32H,1-4H3. The second-order valence-corrected chi connectivity index (χ2v) is 16.6. The number of para-hydroxylation sites is 4. The fourth-order valence-corrected chi connectivity index (χ4v) is 9.90. The Morgan fingerprint density at radius 2 is 0.672 bits per heavy atom. The minimum atomic E-state index is -0.215. The summed E-state index contributed by atoms with van der Waals surface area (Å²) in [5.74, 6) is 0.0230. The van der Waals surface area contributed by atoms with E-state index in [1.165, 1.54) is 22.3 Å². The second-order valence-electron chi connectivity index (χ2n) is 16.6. The Hall–Kier alpha value is -7.11. The Labute approximate surface area is 338 Å². The number of anilines is 6. The summed E-state index contributed by atoms with van der Waals surface area (Å²) >= 11 is 0. The van der Waals surface area contributed by atoms with Gasteiger partial charge in [0.25, 0.3) is 0 Å². The van der Waals surface area contributed by atoms with Crippen LogP contribution in [-0.4, -0.2) is 15.8 Å². The van der Waals surface area contributed by atoms with Crippen LogP contribution in [0.1, 0.15) is 65.9 Å². The third-order valence-corrected chi connectivity index (χ3v) is 12.8. The molecule has 0 unspecified atom stereocenters. The highest BCUT2D eigenvalue weighted by atomic mass is 16.1. The average molecular weight is 749 g/mol. The smallest absolute Gasteiger partial charge is 0.194 e. The van der Waals surface area contributed by atoms with Crippen molar-refractivity contribution in [3.8, 4) is 33.4 Å². The highest BCUT2D eigenvalue weighted by molar-refractivity contribution is 6.24. The fraction of sp³-hybridized carbons (Fsp3) is 0.113. The van der Waals surface area contributed by atoms with Crippen molar-refractivity contribution in [2.24, 2.45) is 0 Å². The summed E-state index contributed by atoms with van der Waals surface area (Å²) in [7, 11) is 0. The molecular weight excluding hydrogens is 709 g/mol. The van der Waals surface area contributed by atoms with Crippen molar-refractivity contribution >= 4 is 39.9 Å². The molecule has 0 amide bonds. The van der Waals surface area contributed by atoms with Crippen molar-refractivity contribution in [1.29, 1.82) is 0 Å². The lowest BCUT2D eigenvalue weighted by Gasteiger charge is -2.43. The number of benzene rings is 6. The largest absolute Gasteiger partial charge is 0.309 e. The van der Waals surface area contributed by atoms with E-state index in [9.17, 15) is 4.79 Å². The first-order valence-electron chi connectivity index (χ1n) is 19.9. The van der Waals surface area contributed by atoms with E-state index in [1.807, 2.05) is 49.1 Å². The Balaban J connectivity index is 1.21. The summed E-state index contributed by atoms with van der Waals surface area (Å²) in [6, 6.07) is 51.8. The molecule has 278 valence electrons. The Bertz CT molecular complexity index is 2680. The minimum absolute atomic E-state index is 0.0230. The minimum Gasteiger partial charge on any atom is -0.309 e. The van der Waals surface area contributed by atoms with Gasteiger partial charge in [-0.3, -0.25) is 14.8 Å². The summed E-state index contributed by atoms with van der Waals surface area (Å²) < 4.78 is 0. The first-order valence-corrected chi connectivity index (χ1v) is 19.9. The Morgan fingerprint density at radius 1 is 0.362 bits per heavy atom. The summed E-state index contributed by atoms with van der Waals surface area (Å²) in [5, 5.41) is 0. The van der Waals surface area contributed by atoms with E-state index in [2.05, 4.69) is 169 Å². The second kappa shape index (κ2) is 12.4. The van der Waals surface area contributed by atoms with Crippen molar-refractivity contribution in [3.05, 3.63) is 204 Å². The maximum absolute atomic E-state index is 14.9. The molecule has 0 fully saturated rings. The van der Waals surface area contributed by atoms with Gasteiger partial charge in [-0.2, -0.15) is 0 Å². The third-order valence-electron chi connectivity index (χ3n) is 12.8. The molecule has 0 atom stereocenters. The lowest BCUT2D eigenvalue weighted by molar-refractivity contribution is 0.104. The van der Waals surface area contributed by atoms with Crippen LogP contribution in [0, 0.1) is 0 Å². The first-order chi connectivity index (χ1) is 28.2. The summed E-state index contributed by atoms with van der Waals surface area (Å²) in [6.07, 6.45) is 7.31. The molecule has 0 saturated heterocycles. The quantitative estimate of drug-likeness (QED) is 0.179. The van der Waals surface area contributed by atoms with Crippen LogP contribution < -0.4 is 9.80 Å². The molecule has 4 heterocycles. The van der Waals surface area contributed by atoms with Gasteiger partial charge in [-0.25, -0.2) is 0 Å². The molecule has 11 rings (SSSR count). The maximum atomic E-state index is 14.9. The normalized spacial score (nSPS) is 15.1. The average Bonchev–Trinajstić information content (AvgIpc) is 3.53. The van der Waals surface area contributed by atoms with E-state index in [0.717, 1.165) is 67.5 Å². The molecule has 58 heavy (non-hydrogen) atoms. The van der Waals surface area contributed by atoms with Crippen LogP contribution in [0.5, 0.6) is 0 Å². The van der Waals surface area contributed by atoms with Crippen molar-refractivity contribution in [3.63, 3.8) is 0 Å². The molecule has 2 aliphatic heterocycles. The van der Waals surface area contributed by atoms with Gasteiger partial charge >= 0.3 is 0 Å². The number of hydrogen-bond donors (Lipinski definition) is 0. The molecule has 5 heteroatoms. The molecule has 0 bridgehead atoms. The fourth-order valence-electron chi connectivity index (χ4n) is 9.90. The number of pyridine rings is 2. The van der Waals surface area contributed by atoms with Gasteiger partial charge in [0.2, 0.25) is 0 Å². The monoisotopic (exact) mass is 748 g/mol. The van der Waals surface area contributed by atoms with E-state index < -0.39 is 0 Å². The van der Waals surface area contributed by atoms with Crippen LogP contribution in [0.4, 0.5) is 34.1 Å². The zero-order valence-electron chi connectivity index (χ0n) is 32.9. The Morgan fingerprint density at radius 3 is 1.00 bits per heavy atom. The molecule has 1 aliphatic carbocycles. The van der Waals surface area contributed by atoms with E-state index >= 15 is 0 Å². The van der Waals surface area contributed by atoms with Crippen LogP contribution in [0.2, 0.25) is 0 Å². The van der Waals surface area contributed by atoms with Crippen LogP contribution in [0.25, 0.3) is 33.4 Å². The predicted molar refractivity (Wildman–Crippen MR) is 235 cm³/mol. The topological polar surface area (TPSA) is 49.3 Å². The van der Waals surface area contributed by atoms with Crippen LogP contribution in [-0.2, 0) is 10.8 Å². The molecule has 0 radical (unpaired) electrons. The van der Waals surface area contributed by atoms with Gasteiger partial charge in [-0.05, 0) is 117 Å². The van der Waals surface area contributed by atoms with Crippen LogP contribution in [0.15, 0.2) is 170 Å². The van der Waals surface area contributed by atoms with Gasteiger partial charge < -0.3 is 9.80 Å². The zero-order valence-corrected chi connectivity index (χ0v) is 32.9. The lowest BCUT2D eigenvalue weighted by atomic mass is 9.73. The number of rotatable bonds is 4. The van der Waals surface area contributed by atoms with Gasteiger partial charge in [-0.1, -0.05) is 100 Å². The first kappa shape index (κ1) is 34.2. The van der Waals surface area contributed by atoms with Gasteiger partial charge in [-0.15, -0.1) is 0 Å². The van der Waals surface area contributed by atoms with Crippen LogP contribution >= 0.6 is 0 Å². The van der Waals surface area contributed by atoms with Crippen LogP contribution in [0.3, 0.4) is 0 Å². The van der Waals surface area contributed by atoms with E-state index in [4.69, 9.17) is 0 Å². The molecule has 5 nitrogen and oxygen atoms in total. The highest BCUT2D eigenvalue weighted by Gasteiger charge is 2.41. The SMILES string of the molecule is CC1(C)c2ccccc2N(c2cc3c(cc2-c2ccncc2)C(=O)c2cc(-c4ccncc4)c(N4c5ccccc5C(C)(C)c5ccccc54)cc2-3)c2ccccc21. The number of fused-ring (bicyclic) bond motifs is 7. The summed E-state index contributed by atoms with van der Waals surface area (Å²) in [5.41, 5.74) is 18.3. The van der Waals surface area contributed by atoms with E-state index in [-0.39, 0.29) is 16.6 Å². The number of carbonyl (C=O) groups excluding carboxylic acids is 1. The van der Waals surface area contributed by atoms with Crippen molar-refractivity contribution in [2.45, 2.75) is 38.5 Å². The molecule has 6 aromatic carbocycles. The predicted octanol–water partition coefficient (Wildman–Crippen LogP) is 13.2. The molecule has 2 aromatic heterocycles. The molecular formula is C53H40N4O. The Kier molecular flexibility index (Phi) is 7.33. The van der Waals surface area contributed by atoms with Gasteiger partial charge in [0.1, 0.15) is 0 Å². The van der Waals surface area contributed by atoms with Crippen molar-refractivity contribution in [2.75, 3.05) is 9.80 Å². The lowest BCUT2D eigenvalue weighted by Crippen LogP contribution is -2.30. The van der Waals surface area contributed by atoms with Crippen molar-refractivity contribution in [1.82, 2.24) is 9.97 Å².